The summed E-state index contributed by atoms with van der Waals surface area (Å²) < 4.78 is 0. The van der Waals surface area contributed by atoms with Crippen molar-refractivity contribution in [2.45, 2.75) is 38.3 Å². The van der Waals surface area contributed by atoms with Crippen molar-refractivity contribution in [2.75, 3.05) is 29.0 Å². The van der Waals surface area contributed by atoms with E-state index in [0.29, 0.717) is 24.6 Å². The summed E-state index contributed by atoms with van der Waals surface area (Å²) in [5.41, 5.74) is 4.25. The summed E-state index contributed by atoms with van der Waals surface area (Å²) in [4.78, 5) is 30.3. The Hall–Kier alpha value is -3.35. The van der Waals surface area contributed by atoms with E-state index >= 15 is 0 Å². The number of pyridine rings is 1. The third-order valence-electron chi connectivity index (χ3n) is 6.37. The van der Waals surface area contributed by atoms with Gasteiger partial charge in [0, 0.05) is 31.8 Å². The quantitative estimate of drug-likeness (QED) is 0.663. The maximum absolute atomic E-state index is 12.6. The average Bonchev–Trinajstić information content (AvgIpc) is 3.20. The standard InChI is InChI=1S/C24H27N5O2/c30-22-7-6-18-13-17(15-25-24(18)28-22)5-8-23(31)29-11-9-16(10-12-29)14-21-26-19-3-1-2-4-20(19)27-21/h1-5,8,13,15-16,21,26-27H,6-7,9-12,14H2,(H,25,28,30)/b8-5+. The van der Waals surface area contributed by atoms with Crippen LogP contribution >= 0.6 is 0 Å². The Bertz CT molecular complexity index is 1000. The number of nitrogens with zero attached hydrogens (tertiary/aromatic N) is 2. The van der Waals surface area contributed by atoms with Gasteiger partial charge in [-0.15, -0.1) is 0 Å². The molecule has 7 heteroatoms. The number of aryl methyl sites for hydroxylation is 1. The molecule has 31 heavy (non-hydrogen) atoms. The summed E-state index contributed by atoms with van der Waals surface area (Å²) >= 11 is 0. The predicted molar refractivity (Wildman–Crippen MR) is 122 cm³/mol. The van der Waals surface area contributed by atoms with E-state index in [1.807, 2.05) is 29.2 Å². The topological polar surface area (TPSA) is 86.4 Å². The highest BCUT2D eigenvalue weighted by atomic mass is 16.2. The summed E-state index contributed by atoms with van der Waals surface area (Å²) in [6.07, 6.45) is 9.70. The Morgan fingerprint density at radius 1 is 1.13 bits per heavy atom. The first-order chi connectivity index (χ1) is 15.1. The van der Waals surface area contributed by atoms with Gasteiger partial charge in [0.05, 0.1) is 17.5 Å². The number of hydrogen-bond donors (Lipinski definition) is 3. The molecule has 1 fully saturated rings. The van der Waals surface area contributed by atoms with Gasteiger partial charge >= 0.3 is 0 Å². The minimum Gasteiger partial charge on any atom is -0.364 e. The average molecular weight is 418 g/mol. The molecule has 0 aliphatic carbocycles. The summed E-state index contributed by atoms with van der Waals surface area (Å²) in [6, 6.07) is 10.3. The highest BCUT2D eigenvalue weighted by molar-refractivity contribution is 5.93. The molecule has 2 aromatic rings. The van der Waals surface area contributed by atoms with Crippen LogP contribution in [0.4, 0.5) is 17.2 Å². The van der Waals surface area contributed by atoms with Gasteiger partial charge in [0.25, 0.3) is 0 Å². The van der Waals surface area contributed by atoms with Crippen molar-refractivity contribution in [1.82, 2.24) is 9.88 Å². The maximum Gasteiger partial charge on any atom is 0.246 e. The Morgan fingerprint density at radius 3 is 2.61 bits per heavy atom. The molecule has 5 rings (SSSR count). The number of nitrogens with one attached hydrogen (secondary N) is 3. The largest absolute Gasteiger partial charge is 0.364 e. The summed E-state index contributed by atoms with van der Waals surface area (Å²) in [7, 11) is 0. The Labute approximate surface area is 181 Å². The van der Waals surface area contributed by atoms with E-state index in [1.165, 1.54) is 11.4 Å². The van der Waals surface area contributed by atoms with Crippen LogP contribution in [0, 0.1) is 5.92 Å². The summed E-state index contributed by atoms with van der Waals surface area (Å²) in [5.74, 6) is 1.29. The van der Waals surface area contributed by atoms with Gasteiger partial charge in [0.2, 0.25) is 11.8 Å². The zero-order valence-corrected chi connectivity index (χ0v) is 17.4. The van der Waals surface area contributed by atoms with Gasteiger partial charge in [0.15, 0.2) is 0 Å². The highest BCUT2D eigenvalue weighted by Gasteiger charge is 2.27. The second-order valence-corrected chi connectivity index (χ2v) is 8.55. The third kappa shape index (κ3) is 4.40. The molecular weight excluding hydrogens is 390 g/mol. The minimum atomic E-state index is 0.00547. The first-order valence-electron chi connectivity index (χ1n) is 11.0. The lowest BCUT2D eigenvalue weighted by Crippen LogP contribution is -2.39. The van der Waals surface area contributed by atoms with Crippen molar-refractivity contribution in [2.24, 2.45) is 5.92 Å². The van der Waals surface area contributed by atoms with E-state index < -0.39 is 0 Å². The number of amides is 2. The molecule has 0 saturated carbocycles. The van der Waals surface area contributed by atoms with E-state index in [-0.39, 0.29) is 18.0 Å². The van der Waals surface area contributed by atoms with Crippen LogP contribution in [0.2, 0.25) is 0 Å². The Kier molecular flexibility index (Phi) is 5.32. The molecule has 3 N–H and O–H groups in total. The van der Waals surface area contributed by atoms with Crippen LogP contribution in [0.15, 0.2) is 42.6 Å². The SMILES string of the molecule is O=C1CCc2cc(/C=C/C(=O)N3CCC(CC4Nc5ccccc5N4)CC3)cnc2N1. The van der Waals surface area contributed by atoms with E-state index in [1.54, 1.807) is 12.3 Å². The highest BCUT2D eigenvalue weighted by Crippen LogP contribution is 2.32. The first kappa shape index (κ1) is 19.6. The number of aromatic nitrogens is 1. The number of anilines is 3. The maximum atomic E-state index is 12.6. The van der Waals surface area contributed by atoms with E-state index in [9.17, 15) is 9.59 Å². The predicted octanol–water partition coefficient (Wildman–Crippen LogP) is 3.47. The molecule has 0 atom stereocenters. The van der Waals surface area contributed by atoms with Gasteiger partial charge in [-0.05, 0) is 67.0 Å². The lowest BCUT2D eigenvalue weighted by atomic mass is 9.92. The number of rotatable bonds is 4. The van der Waals surface area contributed by atoms with Crippen LogP contribution in [0.3, 0.4) is 0 Å². The fraction of sp³-hybridized carbons (Fsp3) is 0.375. The smallest absolute Gasteiger partial charge is 0.246 e. The fourth-order valence-corrected chi connectivity index (χ4v) is 4.63. The van der Waals surface area contributed by atoms with Crippen LogP contribution in [0.25, 0.3) is 6.08 Å². The number of likely N-dealkylation sites (tertiary alicyclic amines) is 1. The number of carbonyl (C=O) groups excluding carboxylic acids is 2. The van der Waals surface area contributed by atoms with Crippen molar-refractivity contribution in [3.05, 3.63) is 53.7 Å². The van der Waals surface area contributed by atoms with Gasteiger partial charge in [-0.1, -0.05) is 12.1 Å². The number of para-hydroxylation sites is 2. The number of piperidine rings is 1. The zero-order valence-electron chi connectivity index (χ0n) is 17.4. The van der Waals surface area contributed by atoms with Crippen LogP contribution < -0.4 is 16.0 Å². The molecular formula is C24H27N5O2. The molecule has 0 bridgehead atoms. The molecule has 1 aromatic carbocycles. The molecule has 0 unspecified atom stereocenters. The molecule has 7 nitrogen and oxygen atoms in total. The van der Waals surface area contributed by atoms with Crippen molar-refractivity contribution in [3.8, 4) is 0 Å². The van der Waals surface area contributed by atoms with E-state index in [4.69, 9.17) is 0 Å². The summed E-state index contributed by atoms with van der Waals surface area (Å²) in [6.45, 7) is 1.59. The van der Waals surface area contributed by atoms with E-state index in [0.717, 1.165) is 43.5 Å². The number of carbonyl (C=O) groups is 2. The number of benzene rings is 1. The van der Waals surface area contributed by atoms with Crippen LogP contribution in [0.1, 0.15) is 36.8 Å². The normalized spacial score (nSPS) is 18.8. The van der Waals surface area contributed by atoms with Crippen molar-refractivity contribution in [3.63, 3.8) is 0 Å². The van der Waals surface area contributed by atoms with Gasteiger partial charge in [-0.25, -0.2) is 4.98 Å². The summed E-state index contributed by atoms with van der Waals surface area (Å²) in [5, 5.41) is 9.87. The van der Waals surface area contributed by atoms with Crippen molar-refractivity contribution < 1.29 is 9.59 Å². The molecule has 1 saturated heterocycles. The molecule has 3 aliphatic heterocycles. The number of fused-ring (bicyclic) bond motifs is 2. The Balaban J connectivity index is 1.11. The van der Waals surface area contributed by atoms with Crippen molar-refractivity contribution >= 4 is 35.1 Å². The molecule has 0 spiro atoms. The van der Waals surface area contributed by atoms with Crippen molar-refractivity contribution in [1.29, 1.82) is 0 Å². The lowest BCUT2D eigenvalue weighted by molar-refractivity contribution is -0.127. The second kappa shape index (κ2) is 8.41. The van der Waals surface area contributed by atoms with Gasteiger partial charge in [-0.3, -0.25) is 9.59 Å². The third-order valence-corrected chi connectivity index (χ3v) is 6.37. The number of hydrogen-bond acceptors (Lipinski definition) is 5. The first-order valence-corrected chi connectivity index (χ1v) is 11.0. The minimum absolute atomic E-state index is 0.00547. The molecule has 4 heterocycles. The van der Waals surface area contributed by atoms with E-state index in [2.05, 4.69) is 33.1 Å². The molecule has 1 aromatic heterocycles. The van der Waals surface area contributed by atoms with Gasteiger partial charge in [-0.2, -0.15) is 0 Å². The van der Waals surface area contributed by atoms with Gasteiger partial charge < -0.3 is 20.9 Å². The van der Waals surface area contributed by atoms with Crippen LogP contribution in [-0.2, 0) is 16.0 Å². The van der Waals surface area contributed by atoms with Crippen LogP contribution in [0.5, 0.6) is 0 Å². The molecule has 0 radical (unpaired) electrons. The lowest BCUT2D eigenvalue weighted by Gasteiger charge is -2.32. The molecule has 160 valence electrons. The molecule has 2 amide bonds. The van der Waals surface area contributed by atoms with Crippen LogP contribution in [-0.4, -0.2) is 41.0 Å². The monoisotopic (exact) mass is 417 g/mol. The molecule has 3 aliphatic rings. The fourth-order valence-electron chi connectivity index (χ4n) is 4.63. The Morgan fingerprint density at radius 2 is 1.87 bits per heavy atom. The second-order valence-electron chi connectivity index (χ2n) is 8.55. The zero-order chi connectivity index (χ0) is 21.2. The van der Waals surface area contributed by atoms with Gasteiger partial charge in [0.1, 0.15) is 5.82 Å².